The zero-order chi connectivity index (χ0) is 13.0. The number of carbonyl (C=O) groups is 1. The van der Waals surface area contributed by atoms with Gasteiger partial charge in [0.2, 0.25) is 5.91 Å². The fourth-order valence-corrected chi connectivity index (χ4v) is 2.45. The lowest BCUT2D eigenvalue weighted by Gasteiger charge is -2.37. The molecule has 2 rings (SSSR count). The number of hydrogen-bond donors (Lipinski definition) is 2. The highest BCUT2D eigenvalue weighted by molar-refractivity contribution is 5.79. The van der Waals surface area contributed by atoms with Gasteiger partial charge in [-0.05, 0) is 19.5 Å². The standard InChI is InChI=1S/C14H21N3O/c1-11(12-6-4-3-5-7-12)17-9-13(8-15-2)16-14(18)10-17/h3-7,11,13,15H,8-10H2,1-2H3,(H,16,18). The number of likely N-dealkylation sites (N-methyl/N-ethyl adjacent to an activating group) is 1. The first kappa shape index (κ1) is 13.1. The second kappa shape index (κ2) is 5.98. The van der Waals surface area contributed by atoms with Crippen molar-refractivity contribution in [2.24, 2.45) is 0 Å². The number of nitrogens with one attached hydrogen (secondary N) is 2. The van der Waals surface area contributed by atoms with E-state index in [0.717, 1.165) is 13.1 Å². The van der Waals surface area contributed by atoms with E-state index in [9.17, 15) is 4.79 Å². The maximum absolute atomic E-state index is 11.7. The van der Waals surface area contributed by atoms with Gasteiger partial charge in [0.25, 0.3) is 0 Å². The van der Waals surface area contributed by atoms with E-state index in [4.69, 9.17) is 0 Å². The van der Waals surface area contributed by atoms with Gasteiger partial charge in [-0.1, -0.05) is 30.3 Å². The molecule has 4 nitrogen and oxygen atoms in total. The fraction of sp³-hybridized carbons (Fsp3) is 0.500. The molecule has 0 aromatic heterocycles. The molecular weight excluding hydrogens is 226 g/mol. The number of hydrogen-bond acceptors (Lipinski definition) is 3. The second-order valence-electron chi connectivity index (χ2n) is 4.84. The second-order valence-corrected chi connectivity index (χ2v) is 4.84. The van der Waals surface area contributed by atoms with E-state index in [1.165, 1.54) is 5.56 Å². The quantitative estimate of drug-likeness (QED) is 0.826. The molecule has 18 heavy (non-hydrogen) atoms. The molecule has 0 radical (unpaired) electrons. The van der Waals surface area contributed by atoms with Crippen LogP contribution >= 0.6 is 0 Å². The van der Waals surface area contributed by atoms with Crippen LogP contribution in [0.4, 0.5) is 0 Å². The van der Waals surface area contributed by atoms with Crippen molar-refractivity contribution < 1.29 is 4.79 Å². The molecule has 0 saturated carbocycles. The Balaban J connectivity index is 2.05. The molecule has 4 heteroatoms. The molecule has 1 aliphatic rings. The van der Waals surface area contributed by atoms with Crippen molar-refractivity contribution in [1.29, 1.82) is 0 Å². The van der Waals surface area contributed by atoms with Crippen LogP contribution in [0.2, 0.25) is 0 Å². The minimum atomic E-state index is 0.115. The van der Waals surface area contributed by atoms with Gasteiger partial charge in [-0.25, -0.2) is 0 Å². The topological polar surface area (TPSA) is 44.4 Å². The average Bonchev–Trinajstić information content (AvgIpc) is 2.38. The summed E-state index contributed by atoms with van der Waals surface area (Å²) in [5.74, 6) is 0.115. The van der Waals surface area contributed by atoms with Crippen molar-refractivity contribution in [1.82, 2.24) is 15.5 Å². The minimum absolute atomic E-state index is 0.115. The summed E-state index contributed by atoms with van der Waals surface area (Å²) >= 11 is 0. The molecule has 1 amide bonds. The largest absolute Gasteiger partial charge is 0.350 e. The lowest BCUT2D eigenvalue weighted by Crippen LogP contribution is -2.57. The van der Waals surface area contributed by atoms with Crippen LogP contribution < -0.4 is 10.6 Å². The summed E-state index contributed by atoms with van der Waals surface area (Å²) in [6, 6.07) is 10.8. The molecule has 2 N–H and O–H groups in total. The molecule has 0 spiro atoms. The van der Waals surface area contributed by atoms with Crippen molar-refractivity contribution >= 4 is 5.91 Å². The summed E-state index contributed by atoms with van der Waals surface area (Å²) in [4.78, 5) is 13.9. The van der Waals surface area contributed by atoms with Gasteiger partial charge in [-0.2, -0.15) is 0 Å². The summed E-state index contributed by atoms with van der Waals surface area (Å²) in [7, 11) is 1.91. The highest BCUT2D eigenvalue weighted by Gasteiger charge is 2.27. The molecule has 2 atom stereocenters. The van der Waals surface area contributed by atoms with Crippen molar-refractivity contribution in [2.45, 2.75) is 19.0 Å². The molecular formula is C14H21N3O. The van der Waals surface area contributed by atoms with Crippen LogP contribution in [0, 0.1) is 0 Å². The summed E-state index contributed by atoms with van der Waals surface area (Å²) in [5.41, 5.74) is 1.26. The van der Waals surface area contributed by atoms with Gasteiger partial charge in [0, 0.05) is 19.1 Å². The van der Waals surface area contributed by atoms with Gasteiger partial charge in [0.15, 0.2) is 0 Å². The number of carbonyl (C=O) groups excluding carboxylic acids is 1. The zero-order valence-electron chi connectivity index (χ0n) is 11.0. The van der Waals surface area contributed by atoms with Gasteiger partial charge in [-0.3, -0.25) is 9.69 Å². The monoisotopic (exact) mass is 247 g/mol. The Hall–Kier alpha value is -1.39. The van der Waals surface area contributed by atoms with Crippen LogP contribution in [-0.4, -0.2) is 43.5 Å². The van der Waals surface area contributed by atoms with Crippen molar-refractivity contribution in [2.75, 3.05) is 26.7 Å². The number of piperazine rings is 1. The highest BCUT2D eigenvalue weighted by atomic mass is 16.2. The van der Waals surface area contributed by atoms with Gasteiger partial charge in [0.1, 0.15) is 0 Å². The first-order chi connectivity index (χ1) is 8.70. The van der Waals surface area contributed by atoms with Crippen molar-refractivity contribution in [3.63, 3.8) is 0 Å². The molecule has 1 fully saturated rings. The third kappa shape index (κ3) is 3.09. The third-order valence-electron chi connectivity index (χ3n) is 3.45. The van der Waals surface area contributed by atoms with Gasteiger partial charge >= 0.3 is 0 Å². The molecule has 2 unspecified atom stereocenters. The fourth-order valence-electron chi connectivity index (χ4n) is 2.45. The van der Waals surface area contributed by atoms with Crippen LogP contribution in [-0.2, 0) is 4.79 Å². The Labute approximate surface area is 108 Å². The van der Waals surface area contributed by atoms with E-state index in [1.807, 2.05) is 25.2 Å². The molecule has 1 aromatic carbocycles. The number of nitrogens with zero attached hydrogens (tertiary/aromatic N) is 1. The Kier molecular flexibility index (Phi) is 4.33. The summed E-state index contributed by atoms with van der Waals surface area (Å²) in [6.45, 7) is 4.34. The maximum atomic E-state index is 11.7. The van der Waals surface area contributed by atoms with E-state index < -0.39 is 0 Å². The molecule has 1 aliphatic heterocycles. The minimum Gasteiger partial charge on any atom is -0.350 e. The van der Waals surface area contributed by atoms with Crippen LogP contribution in [0.15, 0.2) is 30.3 Å². The third-order valence-corrected chi connectivity index (χ3v) is 3.45. The molecule has 1 aromatic rings. The molecule has 1 heterocycles. The van der Waals surface area contributed by atoms with E-state index in [-0.39, 0.29) is 18.0 Å². The predicted molar refractivity (Wildman–Crippen MR) is 72.3 cm³/mol. The molecule has 1 saturated heterocycles. The number of benzene rings is 1. The van der Waals surface area contributed by atoms with Crippen LogP contribution in [0.3, 0.4) is 0 Å². The highest BCUT2D eigenvalue weighted by Crippen LogP contribution is 2.21. The van der Waals surface area contributed by atoms with Crippen LogP contribution in [0.1, 0.15) is 18.5 Å². The van der Waals surface area contributed by atoms with E-state index in [0.29, 0.717) is 6.54 Å². The van der Waals surface area contributed by atoms with E-state index in [2.05, 4.69) is 34.6 Å². The molecule has 0 bridgehead atoms. The Morgan fingerprint density at radius 2 is 2.17 bits per heavy atom. The predicted octanol–water partition coefficient (Wildman–Crippen LogP) is 0.767. The molecule has 0 aliphatic carbocycles. The summed E-state index contributed by atoms with van der Waals surface area (Å²) < 4.78 is 0. The first-order valence-corrected chi connectivity index (χ1v) is 6.43. The van der Waals surface area contributed by atoms with Crippen LogP contribution in [0.25, 0.3) is 0 Å². The van der Waals surface area contributed by atoms with E-state index >= 15 is 0 Å². The van der Waals surface area contributed by atoms with E-state index in [1.54, 1.807) is 0 Å². The lowest BCUT2D eigenvalue weighted by molar-refractivity contribution is -0.126. The SMILES string of the molecule is CNCC1CN(C(C)c2ccccc2)CC(=O)N1. The Morgan fingerprint density at radius 1 is 1.44 bits per heavy atom. The summed E-state index contributed by atoms with van der Waals surface area (Å²) in [6.07, 6.45) is 0. The number of amides is 1. The lowest BCUT2D eigenvalue weighted by atomic mass is 10.0. The van der Waals surface area contributed by atoms with Gasteiger partial charge < -0.3 is 10.6 Å². The maximum Gasteiger partial charge on any atom is 0.234 e. The zero-order valence-corrected chi connectivity index (χ0v) is 11.0. The summed E-state index contributed by atoms with van der Waals surface area (Å²) in [5, 5.41) is 6.13. The van der Waals surface area contributed by atoms with Crippen LogP contribution in [0.5, 0.6) is 0 Å². The molecule has 98 valence electrons. The Morgan fingerprint density at radius 3 is 2.83 bits per heavy atom. The van der Waals surface area contributed by atoms with Crippen molar-refractivity contribution in [3.8, 4) is 0 Å². The number of rotatable bonds is 4. The van der Waals surface area contributed by atoms with Crippen molar-refractivity contribution in [3.05, 3.63) is 35.9 Å². The van der Waals surface area contributed by atoms with Gasteiger partial charge in [-0.15, -0.1) is 0 Å². The first-order valence-electron chi connectivity index (χ1n) is 6.43. The average molecular weight is 247 g/mol. The smallest absolute Gasteiger partial charge is 0.234 e. The normalized spacial score (nSPS) is 22.6. The Bertz CT molecular complexity index is 393. The van der Waals surface area contributed by atoms with Gasteiger partial charge in [0.05, 0.1) is 12.6 Å².